The van der Waals surface area contributed by atoms with E-state index >= 15 is 0 Å². The molecule has 0 aliphatic heterocycles. The topological polar surface area (TPSA) is 30.9 Å². The van der Waals surface area contributed by atoms with Crippen LogP contribution in [0.1, 0.15) is 11.1 Å². The Balaban J connectivity index is 2.16. The molecular weight excluding hydrogens is 222 g/mol. The first-order valence-electron chi connectivity index (χ1n) is 5.48. The molecule has 0 aliphatic carbocycles. The van der Waals surface area contributed by atoms with Crippen molar-refractivity contribution in [2.75, 3.05) is 6.54 Å². The maximum atomic E-state index is 13.4. The van der Waals surface area contributed by atoms with Gasteiger partial charge in [-0.25, -0.2) is 8.78 Å². The molecule has 2 rings (SSSR count). The molecule has 2 aromatic rings. The molecule has 0 bridgehead atoms. The summed E-state index contributed by atoms with van der Waals surface area (Å²) in [5, 5.41) is 0. The largest absolute Gasteiger partial charge is 0.350 e. The van der Waals surface area contributed by atoms with Gasteiger partial charge >= 0.3 is 0 Å². The normalized spacial score (nSPS) is 10.8. The summed E-state index contributed by atoms with van der Waals surface area (Å²) in [4.78, 5) is 0. The van der Waals surface area contributed by atoms with Gasteiger partial charge in [-0.3, -0.25) is 0 Å². The quantitative estimate of drug-likeness (QED) is 0.867. The molecule has 1 aromatic heterocycles. The van der Waals surface area contributed by atoms with Crippen LogP contribution < -0.4 is 5.73 Å². The molecule has 1 aromatic carbocycles. The lowest BCUT2D eigenvalue weighted by atomic mass is 10.2. The number of halogens is 2. The summed E-state index contributed by atoms with van der Waals surface area (Å²) in [6.07, 6.45) is 4.53. The van der Waals surface area contributed by atoms with Gasteiger partial charge in [0.25, 0.3) is 0 Å². The first kappa shape index (κ1) is 11.8. The highest BCUT2D eigenvalue weighted by Gasteiger charge is 2.07. The molecule has 0 saturated carbocycles. The summed E-state index contributed by atoms with van der Waals surface area (Å²) in [5.74, 6) is -1.58. The van der Waals surface area contributed by atoms with E-state index in [9.17, 15) is 8.78 Å². The second-order valence-electron chi connectivity index (χ2n) is 3.94. The van der Waals surface area contributed by atoms with Crippen molar-refractivity contribution >= 4 is 0 Å². The van der Waals surface area contributed by atoms with Crippen molar-refractivity contribution in [2.45, 2.75) is 13.0 Å². The highest BCUT2D eigenvalue weighted by atomic mass is 19.2. The third kappa shape index (κ3) is 2.71. The van der Waals surface area contributed by atoms with Crippen LogP contribution in [0, 0.1) is 11.6 Å². The smallest absolute Gasteiger partial charge is 0.163 e. The number of rotatable bonds is 4. The van der Waals surface area contributed by atoms with E-state index in [0.29, 0.717) is 18.7 Å². The monoisotopic (exact) mass is 236 g/mol. The van der Waals surface area contributed by atoms with Crippen molar-refractivity contribution in [3.05, 3.63) is 59.4 Å². The number of hydrogen-bond donors (Lipinski definition) is 1. The highest BCUT2D eigenvalue weighted by molar-refractivity contribution is 5.20. The summed E-state index contributed by atoms with van der Waals surface area (Å²) in [6.45, 7) is 0.909. The molecule has 0 amide bonds. The van der Waals surface area contributed by atoms with Crippen LogP contribution >= 0.6 is 0 Å². The highest BCUT2D eigenvalue weighted by Crippen LogP contribution is 2.13. The fourth-order valence-corrected chi connectivity index (χ4v) is 1.77. The maximum Gasteiger partial charge on any atom is 0.163 e. The van der Waals surface area contributed by atoms with Crippen molar-refractivity contribution in [1.82, 2.24) is 4.57 Å². The van der Waals surface area contributed by atoms with Gasteiger partial charge in [-0.1, -0.05) is 12.1 Å². The Bertz CT molecular complexity index is 506. The Kier molecular flexibility index (Phi) is 3.54. The molecule has 0 saturated heterocycles. The molecule has 0 spiro atoms. The van der Waals surface area contributed by atoms with Gasteiger partial charge in [0.05, 0.1) is 0 Å². The van der Waals surface area contributed by atoms with Crippen molar-refractivity contribution in [2.24, 2.45) is 5.73 Å². The fraction of sp³-hybridized carbons (Fsp3) is 0.231. The van der Waals surface area contributed by atoms with Gasteiger partial charge in [0, 0.05) is 24.5 Å². The summed E-state index contributed by atoms with van der Waals surface area (Å²) < 4.78 is 28.3. The van der Waals surface area contributed by atoms with Crippen molar-refractivity contribution in [3.63, 3.8) is 0 Å². The first-order chi connectivity index (χ1) is 8.20. The van der Waals surface area contributed by atoms with E-state index in [1.54, 1.807) is 6.07 Å². The molecule has 2 N–H and O–H groups in total. The predicted octanol–water partition coefficient (Wildman–Crippen LogP) is 2.32. The average molecular weight is 236 g/mol. The minimum Gasteiger partial charge on any atom is -0.350 e. The standard InChI is InChI=1S/C13H14F2N2/c14-12-3-1-2-11(13(12)15)9-17-7-5-10(8-17)4-6-16/h1-3,5,7-8H,4,6,9,16H2. The summed E-state index contributed by atoms with van der Waals surface area (Å²) in [5.41, 5.74) is 6.90. The van der Waals surface area contributed by atoms with E-state index in [1.165, 1.54) is 6.07 Å². The van der Waals surface area contributed by atoms with Gasteiger partial charge in [0.15, 0.2) is 11.6 Å². The molecule has 0 atom stereocenters. The second-order valence-corrected chi connectivity index (χ2v) is 3.94. The predicted molar refractivity (Wildman–Crippen MR) is 62.7 cm³/mol. The van der Waals surface area contributed by atoms with Crippen LogP contribution in [-0.4, -0.2) is 11.1 Å². The molecule has 2 nitrogen and oxygen atoms in total. The van der Waals surface area contributed by atoms with E-state index in [1.807, 2.05) is 23.0 Å². The molecule has 0 fully saturated rings. The molecular formula is C13H14F2N2. The number of hydrogen-bond acceptors (Lipinski definition) is 1. The first-order valence-corrected chi connectivity index (χ1v) is 5.48. The number of aromatic nitrogens is 1. The van der Waals surface area contributed by atoms with Gasteiger partial charge in [0.2, 0.25) is 0 Å². The van der Waals surface area contributed by atoms with Gasteiger partial charge in [-0.15, -0.1) is 0 Å². The van der Waals surface area contributed by atoms with E-state index in [0.717, 1.165) is 18.1 Å². The molecule has 1 heterocycles. The van der Waals surface area contributed by atoms with Gasteiger partial charge in [-0.05, 0) is 30.7 Å². The number of nitrogens with zero attached hydrogens (tertiary/aromatic N) is 1. The van der Waals surface area contributed by atoms with Crippen LogP contribution in [0.5, 0.6) is 0 Å². The Morgan fingerprint density at radius 1 is 1.18 bits per heavy atom. The van der Waals surface area contributed by atoms with Crippen molar-refractivity contribution in [1.29, 1.82) is 0 Å². The van der Waals surface area contributed by atoms with Crippen LogP contribution in [0.25, 0.3) is 0 Å². The SMILES string of the molecule is NCCc1ccn(Cc2cccc(F)c2F)c1. The van der Waals surface area contributed by atoms with Crippen LogP contribution in [0.4, 0.5) is 8.78 Å². The Morgan fingerprint density at radius 2 is 2.00 bits per heavy atom. The van der Waals surface area contributed by atoms with Crippen molar-refractivity contribution in [3.8, 4) is 0 Å². The minimum atomic E-state index is -0.808. The third-order valence-corrected chi connectivity index (χ3v) is 2.63. The molecule has 4 heteroatoms. The van der Waals surface area contributed by atoms with Crippen LogP contribution in [0.3, 0.4) is 0 Å². The number of benzene rings is 1. The van der Waals surface area contributed by atoms with Crippen LogP contribution in [-0.2, 0) is 13.0 Å². The van der Waals surface area contributed by atoms with E-state index in [-0.39, 0.29) is 0 Å². The van der Waals surface area contributed by atoms with Crippen molar-refractivity contribution < 1.29 is 8.78 Å². The van der Waals surface area contributed by atoms with Gasteiger partial charge in [-0.2, -0.15) is 0 Å². The average Bonchev–Trinajstić information content (AvgIpc) is 2.73. The van der Waals surface area contributed by atoms with Crippen LogP contribution in [0.15, 0.2) is 36.7 Å². The lowest BCUT2D eigenvalue weighted by Gasteiger charge is -2.05. The van der Waals surface area contributed by atoms with Gasteiger partial charge < -0.3 is 10.3 Å². The summed E-state index contributed by atoms with van der Waals surface area (Å²) in [6, 6.07) is 6.15. The lowest BCUT2D eigenvalue weighted by Crippen LogP contribution is -2.03. The zero-order valence-corrected chi connectivity index (χ0v) is 9.37. The molecule has 0 unspecified atom stereocenters. The zero-order chi connectivity index (χ0) is 12.3. The zero-order valence-electron chi connectivity index (χ0n) is 9.37. The summed E-state index contributed by atoms with van der Waals surface area (Å²) in [7, 11) is 0. The van der Waals surface area contributed by atoms with Gasteiger partial charge in [0.1, 0.15) is 0 Å². The van der Waals surface area contributed by atoms with E-state index in [2.05, 4.69) is 0 Å². The second kappa shape index (κ2) is 5.10. The molecule has 0 radical (unpaired) electrons. The Morgan fingerprint density at radius 3 is 2.76 bits per heavy atom. The van der Waals surface area contributed by atoms with E-state index in [4.69, 9.17) is 5.73 Å². The molecule has 90 valence electrons. The Labute approximate surface area is 98.7 Å². The third-order valence-electron chi connectivity index (χ3n) is 2.63. The van der Waals surface area contributed by atoms with Crippen LogP contribution in [0.2, 0.25) is 0 Å². The fourth-order valence-electron chi connectivity index (χ4n) is 1.77. The lowest BCUT2D eigenvalue weighted by molar-refractivity contribution is 0.495. The number of nitrogens with two attached hydrogens (primary N) is 1. The minimum absolute atomic E-state index is 0.328. The van der Waals surface area contributed by atoms with E-state index < -0.39 is 11.6 Å². The Hall–Kier alpha value is -1.68. The maximum absolute atomic E-state index is 13.4. The molecule has 0 aliphatic rings. The molecule has 17 heavy (non-hydrogen) atoms. The summed E-state index contributed by atoms with van der Waals surface area (Å²) >= 11 is 0.